The summed E-state index contributed by atoms with van der Waals surface area (Å²) in [5, 5.41) is 8.69. The molecule has 0 aliphatic heterocycles. The van der Waals surface area contributed by atoms with Crippen LogP contribution in [0.3, 0.4) is 0 Å². The first kappa shape index (κ1) is 19.5. The Morgan fingerprint density at radius 1 is 1.14 bits per heavy atom. The number of amides is 2. The van der Waals surface area contributed by atoms with Crippen molar-refractivity contribution in [1.82, 2.24) is 9.97 Å². The number of carbonyl (C=O) groups is 2. The first-order chi connectivity index (χ1) is 14.0. The third kappa shape index (κ3) is 4.15. The highest BCUT2D eigenvalue weighted by Crippen LogP contribution is 2.35. The zero-order chi connectivity index (χ0) is 20.4. The molecule has 2 aromatic heterocycles. The average molecular weight is 429 g/mol. The fraction of sp³-hybridized carbons (Fsp3) is 0.300. The Kier molecular flexibility index (Phi) is 5.59. The van der Waals surface area contributed by atoms with Gasteiger partial charge < -0.3 is 10.1 Å². The summed E-state index contributed by atoms with van der Waals surface area (Å²) < 4.78 is 5.24. The molecule has 0 bridgehead atoms. The maximum Gasteiger partial charge on any atom is 0.261 e. The lowest BCUT2D eigenvalue weighted by Crippen LogP contribution is -2.27. The quantitative estimate of drug-likeness (QED) is 0.600. The van der Waals surface area contributed by atoms with Crippen LogP contribution in [-0.4, -0.2) is 28.9 Å². The van der Waals surface area contributed by atoms with Crippen molar-refractivity contribution in [2.24, 2.45) is 5.92 Å². The van der Waals surface area contributed by atoms with E-state index in [0.29, 0.717) is 21.6 Å². The SMILES string of the molecule is COc1ccccc1C(=O)Nc1nc(C)c(-c2csc(NC(=O)C3CCC3)n2)s1. The molecule has 0 saturated heterocycles. The summed E-state index contributed by atoms with van der Waals surface area (Å²) in [4.78, 5) is 34.5. The fourth-order valence-corrected chi connectivity index (χ4v) is 4.70. The summed E-state index contributed by atoms with van der Waals surface area (Å²) >= 11 is 2.74. The summed E-state index contributed by atoms with van der Waals surface area (Å²) in [5.41, 5.74) is 1.96. The van der Waals surface area contributed by atoms with Crippen LogP contribution in [-0.2, 0) is 4.79 Å². The Hall–Kier alpha value is -2.78. The molecule has 0 radical (unpaired) electrons. The van der Waals surface area contributed by atoms with E-state index in [2.05, 4.69) is 20.6 Å². The van der Waals surface area contributed by atoms with E-state index in [4.69, 9.17) is 4.74 Å². The number of aryl methyl sites for hydroxylation is 1. The smallest absolute Gasteiger partial charge is 0.261 e. The minimum Gasteiger partial charge on any atom is -0.496 e. The second-order valence-electron chi connectivity index (χ2n) is 6.74. The van der Waals surface area contributed by atoms with E-state index in [0.717, 1.165) is 35.5 Å². The summed E-state index contributed by atoms with van der Waals surface area (Å²) in [7, 11) is 1.53. The van der Waals surface area contributed by atoms with Crippen LogP contribution in [0.25, 0.3) is 10.6 Å². The Morgan fingerprint density at radius 2 is 1.93 bits per heavy atom. The van der Waals surface area contributed by atoms with E-state index in [1.54, 1.807) is 18.2 Å². The van der Waals surface area contributed by atoms with Crippen molar-refractivity contribution in [2.45, 2.75) is 26.2 Å². The van der Waals surface area contributed by atoms with Gasteiger partial charge in [-0.3, -0.25) is 14.9 Å². The molecule has 9 heteroatoms. The number of thiazole rings is 2. The highest BCUT2D eigenvalue weighted by molar-refractivity contribution is 7.20. The predicted molar refractivity (Wildman–Crippen MR) is 115 cm³/mol. The highest BCUT2D eigenvalue weighted by Gasteiger charge is 2.26. The topological polar surface area (TPSA) is 93.2 Å². The van der Waals surface area contributed by atoms with Crippen molar-refractivity contribution >= 4 is 44.8 Å². The lowest BCUT2D eigenvalue weighted by atomic mass is 9.85. The van der Waals surface area contributed by atoms with E-state index in [1.165, 1.54) is 29.8 Å². The van der Waals surface area contributed by atoms with Gasteiger partial charge in [0.2, 0.25) is 5.91 Å². The molecule has 1 fully saturated rings. The molecule has 2 amide bonds. The number of carbonyl (C=O) groups excluding carboxylic acids is 2. The first-order valence-corrected chi connectivity index (χ1v) is 10.9. The summed E-state index contributed by atoms with van der Waals surface area (Å²) in [5.74, 6) is 0.381. The number of anilines is 2. The lowest BCUT2D eigenvalue weighted by molar-refractivity contribution is -0.122. The van der Waals surface area contributed by atoms with Crippen molar-refractivity contribution in [3.63, 3.8) is 0 Å². The molecule has 0 spiro atoms. The molecule has 29 heavy (non-hydrogen) atoms. The van der Waals surface area contributed by atoms with Crippen LogP contribution in [0.15, 0.2) is 29.6 Å². The molecule has 1 aromatic carbocycles. The van der Waals surface area contributed by atoms with Gasteiger partial charge in [0.15, 0.2) is 10.3 Å². The fourth-order valence-electron chi connectivity index (χ4n) is 3.00. The van der Waals surface area contributed by atoms with Crippen LogP contribution in [0.1, 0.15) is 35.3 Å². The van der Waals surface area contributed by atoms with Crippen LogP contribution < -0.4 is 15.4 Å². The molecule has 2 N–H and O–H groups in total. The number of hydrogen-bond donors (Lipinski definition) is 2. The minimum atomic E-state index is -0.283. The Bertz CT molecular complexity index is 1060. The number of nitrogens with zero attached hydrogens (tertiary/aromatic N) is 2. The van der Waals surface area contributed by atoms with Gasteiger partial charge in [-0.05, 0) is 31.9 Å². The van der Waals surface area contributed by atoms with Gasteiger partial charge in [-0.1, -0.05) is 29.9 Å². The maximum absolute atomic E-state index is 12.6. The van der Waals surface area contributed by atoms with E-state index < -0.39 is 0 Å². The number of benzene rings is 1. The predicted octanol–water partition coefficient (Wildman–Crippen LogP) is 4.57. The van der Waals surface area contributed by atoms with Crippen LogP contribution >= 0.6 is 22.7 Å². The monoisotopic (exact) mass is 428 g/mol. The van der Waals surface area contributed by atoms with Crippen LogP contribution in [0.5, 0.6) is 5.75 Å². The minimum absolute atomic E-state index is 0.0444. The molecule has 150 valence electrons. The maximum atomic E-state index is 12.6. The average Bonchev–Trinajstić information content (AvgIpc) is 3.26. The van der Waals surface area contributed by atoms with Crippen LogP contribution in [0.4, 0.5) is 10.3 Å². The molecule has 2 heterocycles. The molecule has 1 saturated carbocycles. The standard InChI is InChI=1S/C20H20N4O3S2/c1-11-16(14-10-28-19(22-14)23-17(25)12-6-5-7-12)29-20(21-11)24-18(26)13-8-3-4-9-15(13)27-2/h3-4,8-10,12H,5-7H2,1-2H3,(H,21,24,26)(H,22,23,25). The van der Waals surface area contributed by atoms with Gasteiger partial charge in [0.05, 0.1) is 28.9 Å². The number of nitrogens with one attached hydrogen (secondary N) is 2. The molecular formula is C20H20N4O3S2. The lowest BCUT2D eigenvalue weighted by Gasteiger charge is -2.23. The molecule has 1 aliphatic carbocycles. The van der Waals surface area contributed by atoms with Crippen molar-refractivity contribution in [3.05, 3.63) is 40.9 Å². The van der Waals surface area contributed by atoms with Gasteiger partial charge >= 0.3 is 0 Å². The van der Waals surface area contributed by atoms with Gasteiger partial charge in [-0.15, -0.1) is 11.3 Å². The number of methoxy groups -OCH3 is 1. The molecule has 1 aliphatic rings. The summed E-state index contributed by atoms with van der Waals surface area (Å²) in [6.07, 6.45) is 3.02. The van der Waals surface area contributed by atoms with Crippen LogP contribution in [0, 0.1) is 12.8 Å². The van der Waals surface area contributed by atoms with Crippen LogP contribution in [0.2, 0.25) is 0 Å². The number of ether oxygens (including phenoxy) is 1. The van der Waals surface area contributed by atoms with E-state index in [-0.39, 0.29) is 17.7 Å². The zero-order valence-corrected chi connectivity index (χ0v) is 17.7. The highest BCUT2D eigenvalue weighted by atomic mass is 32.1. The van der Waals surface area contributed by atoms with Crippen molar-refractivity contribution in [3.8, 4) is 16.3 Å². The normalized spacial score (nSPS) is 13.6. The molecule has 3 aromatic rings. The van der Waals surface area contributed by atoms with Crippen molar-refractivity contribution in [2.75, 3.05) is 17.7 Å². The second kappa shape index (κ2) is 8.30. The number of hydrogen-bond acceptors (Lipinski definition) is 7. The first-order valence-electron chi connectivity index (χ1n) is 9.23. The Labute approximate surface area is 176 Å². The number of rotatable bonds is 6. The largest absolute Gasteiger partial charge is 0.496 e. The summed E-state index contributed by atoms with van der Waals surface area (Å²) in [6.45, 7) is 1.87. The molecular weight excluding hydrogens is 408 g/mol. The summed E-state index contributed by atoms with van der Waals surface area (Å²) in [6, 6.07) is 7.03. The van der Waals surface area contributed by atoms with Gasteiger partial charge in [0, 0.05) is 11.3 Å². The third-order valence-corrected chi connectivity index (χ3v) is 6.66. The van der Waals surface area contributed by atoms with E-state index in [9.17, 15) is 9.59 Å². The third-order valence-electron chi connectivity index (χ3n) is 4.81. The Morgan fingerprint density at radius 3 is 2.66 bits per heavy atom. The molecule has 0 unspecified atom stereocenters. The van der Waals surface area contributed by atoms with E-state index >= 15 is 0 Å². The van der Waals surface area contributed by atoms with Crippen molar-refractivity contribution < 1.29 is 14.3 Å². The van der Waals surface area contributed by atoms with Gasteiger partial charge in [0.1, 0.15) is 5.75 Å². The molecule has 7 nitrogen and oxygen atoms in total. The Balaban J connectivity index is 1.48. The molecule has 4 rings (SSSR count). The van der Waals surface area contributed by atoms with Crippen molar-refractivity contribution in [1.29, 1.82) is 0 Å². The number of para-hydroxylation sites is 1. The van der Waals surface area contributed by atoms with E-state index in [1.807, 2.05) is 18.4 Å². The zero-order valence-electron chi connectivity index (χ0n) is 16.0. The number of aromatic nitrogens is 2. The van der Waals surface area contributed by atoms with Gasteiger partial charge in [0.25, 0.3) is 5.91 Å². The molecule has 0 atom stereocenters. The van der Waals surface area contributed by atoms with Gasteiger partial charge in [-0.25, -0.2) is 9.97 Å². The second-order valence-corrected chi connectivity index (χ2v) is 8.60. The van der Waals surface area contributed by atoms with Gasteiger partial charge in [-0.2, -0.15) is 0 Å².